The zero-order valence-corrected chi connectivity index (χ0v) is 14.3. The van der Waals surface area contributed by atoms with Gasteiger partial charge in [-0.05, 0) is 25.8 Å². The van der Waals surface area contributed by atoms with E-state index in [1.165, 1.54) is 12.8 Å². The van der Waals surface area contributed by atoms with E-state index in [4.69, 9.17) is 4.74 Å². The highest BCUT2D eigenvalue weighted by Gasteiger charge is 2.33. The van der Waals surface area contributed by atoms with Crippen molar-refractivity contribution in [2.24, 2.45) is 0 Å². The van der Waals surface area contributed by atoms with Crippen molar-refractivity contribution in [3.8, 4) is 0 Å². The Morgan fingerprint density at radius 1 is 1.17 bits per heavy atom. The third-order valence-corrected chi connectivity index (χ3v) is 4.78. The van der Waals surface area contributed by atoms with E-state index in [-0.39, 0.29) is 11.8 Å². The predicted molar refractivity (Wildman–Crippen MR) is 88.6 cm³/mol. The van der Waals surface area contributed by atoms with Crippen LogP contribution in [0.5, 0.6) is 0 Å². The molecule has 1 atom stereocenters. The fourth-order valence-corrected chi connectivity index (χ4v) is 3.41. The molecule has 24 heavy (non-hydrogen) atoms. The van der Waals surface area contributed by atoms with Crippen LogP contribution in [0.15, 0.2) is 12.3 Å². The smallest absolute Gasteiger partial charge is 0.272 e. The second-order valence-electron chi connectivity index (χ2n) is 6.38. The van der Waals surface area contributed by atoms with E-state index in [9.17, 15) is 9.59 Å². The SMILES string of the molecule is CCn1nccc1C(=O)N1CCOC(C(=O)N2CCCCCC2)C1. The molecule has 2 aliphatic heterocycles. The average Bonchev–Trinajstić information content (AvgIpc) is 2.94. The van der Waals surface area contributed by atoms with Crippen molar-refractivity contribution in [1.82, 2.24) is 19.6 Å². The van der Waals surface area contributed by atoms with E-state index in [0.717, 1.165) is 25.9 Å². The average molecular weight is 334 g/mol. The zero-order valence-electron chi connectivity index (χ0n) is 14.3. The van der Waals surface area contributed by atoms with Crippen molar-refractivity contribution in [2.75, 3.05) is 32.8 Å². The molecule has 132 valence electrons. The topological polar surface area (TPSA) is 67.7 Å². The van der Waals surface area contributed by atoms with Crippen molar-refractivity contribution in [3.05, 3.63) is 18.0 Å². The summed E-state index contributed by atoms with van der Waals surface area (Å²) in [7, 11) is 0. The van der Waals surface area contributed by atoms with Gasteiger partial charge in [-0.2, -0.15) is 5.10 Å². The number of hydrogen-bond donors (Lipinski definition) is 0. The van der Waals surface area contributed by atoms with Gasteiger partial charge in [0.2, 0.25) is 0 Å². The van der Waals surface area contributed by atoms with Crippen molar-refractivity contribution < 1.29 is 14.3 Å². The molecule has 3 heterocycles. The maximum atomic E-state index is 12.7. The Morgan fingerprint density at radius 3 is 2.62 bits per heavy atom. The molecule has 0 N–H and O–H groups in total. The van der Waals surface area contributed by atoms with Crippen molar-refractivity contribution in [3.63, 3.8) is 0 Å². The Balaban J connectivity index is 1.65. The summed E-state index contributed by atoms with van der Waals surface area (Å²) in [5, 5.41) is 4.15. The van der Waals surface area contributed by atoms with Gasteiger partial charge in [0.05, 0.1) is 13.2 Å². The predicted octanol–water partition coefficient (Wildman–Crippen LogP) is 1.15. The number of nitrogens with zero attached hydrogens (tertiary/aromatic N) is 4. The van der Waals surface area contributed by atoms with Gasteiger partial charge in [-0.25, -0.2) is 0 Å². The van der Waals surface area contributed by atoms with Gasteiger partial charge in [-0.3, -0.25) is 14.3 Å². The Kier molecular flexibility index (Phi) is 5.50. The maximum absolute atomic E-state index is 12.7. The number of carbonyl (C=O) groups is 2. The molecular weight excluding hydrogens is 308 g/mol. The molecule has 0 aromatic carbocycles. The summed E-state index contributed by atoms with van der Waals surface area (Å²) in [6.07, 6.45) is 5.56. The summed E-state index contributed by atoms with van der Waals surface area (Å²) in [6, 6.07) is 1.73. The maximum Gasteiger partial charge on any atom is 0.272 e. The number of aryl methyl sites for hydroxylation is 1. The lowest BCUT2D eigenvalue weighted by Gasteiger charge is -2.34. The number of morpholine rings is 1. The van der Waals surface area contributed by atoms with Crippen LogP contribution in [0.1, 0.15) is 43.1 Å². The van der Waals surface area contributed by atoms with Crippen molar-refractivity contribution in [1.29, 1.82) is 0 Å². The van der Waals surface area contributed by atoms with Crippen LogP contribution in [0, 0.1) is 0 Å². The first-order chi connectivity index (χ1) is 11.7. The molecule has 0 aliphatic carbocycles. The van der Waals surface area contributed by atoms with Crippen LogP contribution in [0.25, 0.3) is 0 Å². The Hall–Kier alpha value is -1.89. The van der Waals surface area contributed by atoms with Gasteiger partial charge in [0.15, 0.2) is 6.10 Å². The van der Waals surface area contributed by atoms with Gasteiger partial charge in [-0.1, -0.05) is 12.8 Å². The molecule has 2 amide bonds. The standard InChI is InChI=1S/C17H26N4O3/c1-2-21-14(7-8-18-21)16(22)20-11-12-24-15(13-20)17(23)19-9-5-3-4-6-10-19/h7-8,15H,2-6,9-13H2,1H3. The molecule has 1 unspecified atom stereocenters. The second kappa shape index (κ2) is 7.79. The molecule has 2 aliphatic rings. The first-order valence-electron chi connectivity index (χ1n) is 8.92. The molecule has 0 saturated carbocycles. The van der Waals surface area contributed by atoms with E-state index in [2.05, 4.69) is 5.10 Å². The monoisotopic (exact) mass is 334 g/mol. The van der Waals surface area contributed by atoms with Gasteiger partial charge in [0.1, 0.15) is 5.69 Å². The van der Waals surface area contributed by atoms with Crippen LogP contribution in [0.2, 0.25) is 0 Å². The normalized spacial score (nSPS) is 22.3. The minimum Gasteiger partial charge on any atom is -0.365 e. The molecule has 0 bridgehead atoms. The van der Waals surface area contributed by atoms with Gasteiger partial charge >= 0.3 is 0 Å². The number of hydrogen-bond acceptors (Lipinski definition) is 4. The van der Waals surface area contributed by atoms with Crippen LogP contribution in [-0.4, -0.2) is 70.3 Å². The van der Waals surface area contributed by atoms with Crippen LogP contribution >= 0.6 is 0 Å². The number of likely N-dealkylation sites (tertiary alicyclic amines) is 1. The summed E-state index contributed by atoms with van der Waals surface area (Å²) < 4.78 is 7.36. The Bertz CT molecular complexity index is 578. The van der Waals surface area contributed by atoms with E-state index < -0.39 is 6.10 Å². The highest BCUT2D eigenvalue weighted by Crippen LogP contribution is 2.16. The highest BCUT2D eigenvalue weighted by molar-refractivity contribution is 5.93. The van der Waals surface area contributed by atoms with Crippen molar-refractivity contribution in [2.45, 2.75) is 45.3 Å². The molecule has 0 spiro atoms. The minimum absolute atomic E-state index is 0.0263. The third kappa shape index (κ3) is 3.61. The Labute approximate surface area is 142 Å². The summed E-state index contributed by atoms with van der Waals surface area (Å²) in [5.41, 5.74) is 0.570. The van der Waals surface area contributed by atoms with Crippen LogP contribution in [0.3, 0.4) is 0 Å². The number of ether oxygens (including phenoxy) is 1. The fourth-order valence-electron chi connectivity index (χ4n) is 3.41. The van der Waals surface area contributed by atoms with E-state index in [0.29, 0.717) is 31.9 Å². The molecule has 7 nitrogen and oxygen atoms in total. The molecule has 0 radical (unpaired) electrons. The molecular formula is C17H26N4O3. The van der Waals surface area contributed by atoms with E-state index >= 15 is 0 Å². The lowest BCUT2D eigenvalue weighted by atomic mass is 10.2. The second-order valence-corrected chi connectivity index (χ2v) is 6.38. The molecule has 7 heteroatoms. The minimum atomic E-state index is -0.543. The van der Waals surface area contributed by atoms with Gasteiger partial charge in [-0.15, -0.1) is 0 Å². The number of rotatable bonds is 3. The van der Waals surface area contributed by atoms with Crippen LogP contribution in [-0.2, 0) is 16.1 Å². The number of aromatic nitrogens is 2. The van der Waals surface area contributed by atoms with Crippen LogP contribution in [0.4, 0.5) is 0 Å². The summed E-state index contributed by atoms with van der Waals surface area (Å²) >= 11 is 0. The third-order valence-electron chi connectivity index (χ3n) is 4.78. The summed E-state index contributed by atoms with van der Waals surface area (Å²) in [5.74, 6) is -0.0512. The Morgan fingerprint density at radius 2 is 1.92 bits per heavy atom. The lowest BCUT2D eigenvalue weighted by molar-refractivity contribution is -0.148. The van der Waals surface area contributed by atoms with Crippen molar-refractivity contribution >= 4 is 11.8 Å². The summed E-state index contributed by atoms with van der Waals surface area (Å²) in [6.45, 7) is 5.44. The van der Waals surface area contributed by atoms with Gasteiger partial charge in [0.25, 0.3) is 11.8 Å². The van der Waals surface area contributed by atoms with Gasteiger partial charge in [0, 0.05) is 32.4 Å². The largest absolute Gasteiger partial charge is 0.365 e. The molecule has 1 aromatic rings. The summed E-state index contributed by atoms with van der Waals surface area (Å²) in [4.78, 5) is 29.1. The number of carbonyl (C=O) groups excluding carboxylic acids is 2. The first kappa shape index (κ1) is 17.0. The number of amides is 2. The zero-order chi connectivity index (χ0) is 16.9. The molecule has 3 rings (SSSR count). The lowest BCUT2D eigenvalue weighted by Crippen LogP contribution is -2.53. The first-order valence-corrected chi connectivity index (χ1v) is 8.92. The fraction of sp³-hybridized carbons (Fsp3) is 0.706. The molecule has 2 saturated heterocycles. The highest BCUT2D eigenvalue weighted by atomic mass is 16.5. The van der Waals surface area contributed by atoms with Gasteiger partial charge < -0.3 is 14.5 Å². The van der Waals surface area contributed by atoms with E-state index in [1.54, 1.807) is 21.8 Å². The van der Waals surface area contributed by atoms with Crippen LogP contribution < -0.4 is 0 Å². The quantitative estimate of drug-likeness (QED) is 0.831. The van der Waals surface area contributed by atoms with E-state index in [1.807, 2.05) is 11.8 Å². The molecule has 1 aromatic heterocycles. The molecule has 2 fully saturated rings.